The second kappa shape index (κ2) is 9.37. The average molecular weight is 474 g/mol. The van der Waals surface area contributed by atoms with E-state index >= 15 is 0 Å². The molecule has 180 valence electrons. The molecular weight excluding hydrogens is 446 g/mol. The molecule has 2 heterocycles. The van der Waals surface area contributed by atoms with Crippen molar-refractivity contribution < 1.29 is 23.8 Å². The van der Waals surface area contributed by atoms with Crippen LogP contribution in [-0.4, -0.2) is 40.1 Å². The Morgan fingerprint density at radius 2 is 1.69 bits per heavy atom. The van der Waals surface area contributed by atoms with Gasteiger partial charge in [-0.05, 0) is 67.3 Å². The lowest BCUT2D eigenvalue weighted by Gasteiger charge is -2.34. The number of aromatic nitrogens is 2. The molecule has 35 heavy (non-hydrogen) atoms. The fourth-order valence-electron chi connectivity index (χ4n) is 5.12. The van der Waals surface area contributed by atoms with E-state index in [9.17, 15) is 14.7 Å². The van der Waals surface area contributed by atoms with Crippen LogP contribution in [0.3, 0.4) is 0 Å². The molecule has 1 atom stereocenters. The zero-order chi connectivity index (χ0) is 24.5. The molecule has 8 heteroatoms. The fourth-order valence-corrected chi connectivity index (χ4v) is 5.12. The number of ketones is 1. The van der Waals surface area contributed by atoms with Gasteiger partial charge < -0.3 is 14.3 Å². The Hall–Kier alpha value is -3.94. The molecule has 1 N–H and O–H groups in total. The van der Waals surface area contributed by atoms with E-state index in [0.717, 1.165) is 37.7 Å². The number of ether oxygens (including phenoxy) is 1. The summed E-state index contributed by atoms with van der Waals surface area (Å²) in [7, 11) is 1.56. The second-order valence-electron chi connectivity index (χ2n) is 9.01. The van der Waals surface area contributed by atoms with Gasteiger partial charge in [0.2, 0.25) is 11.8 Å². The fraction of sp³-hybridized carbons (Fsp3) is 0.333. The Morgan fingerprint density at radius 1 is 1.00 bits per heavy atom. The monoisotopic (exact) mass is 473 g/mol. The molecule has 1 aliphatic heterocycles. The molecule has 5 rings (SSSR count). The SMILES string of the molecule is COc1ccc(C(O)=C2C(=O)C(=O)N(c3ccc(-c4nnc(C)o4)cc3)C2C2CCCCC2)cc1. The lowest BCUT2D eigenvalue weighted by atomic mass is 9.80. The molecule has 2 aromatic carbocycles. The van der Waals surface area contributed by atoms with E-state index in [1.54, 1.807) is 67.5 Å². The molecule has 0 bridgehead atoms. The Labute approximate surface area is 203 Å². The first-order valence-electron chi connectivity index (χ1n) is 11.8. The molecule has 2 aliphatic rings. The summed E-state index contributed by atoms with van der Waals surface area (Å²) in [5.41, 5.74) is 1.96. The zero-order valence-electron chi connectivity index (χ0n) is 19.7. The summed E-state index contributed by atoms with van der Waals surface area (Å²) in [5, 5.41) is 19.1. The van der Waals surface area contributed by atoms with E-state index in [1.165, 1.54) is 0 Å². The molecule has 1 aromatic heterocycles. The van der Waals surface area contributed by atoms with E-state index in [1.807, 2.05) is 0 Å². The summed E-state index contributed by atoms with van der Waals surface area (Å²) in [6.45, 7) is 1.72. The number of benzene rings is 2. The summed E-state index contributed by atoms with van der Waals surface area (Å²) in [4.78, 5) is 28.2. The van der Waals surface area contributed by atoms with Crippen LogP contribution in [0.4, 0.5) is 5.69 Å². The van der Waals surface area contributed by atoms with Crippen LogP contribution in [0.25, 0.3) is 17.2 Å². The average Bonchev–Trinajstić information content (AvgIpc) is 3.45. The third-order valence-corrected chi connectivity index (χ3v) is 6.86. The summed E-state index contributed by atoms with van der Waals surface area (Å²) >= 11 is 0. The quantitative estimate of drug-likeness (QED) is 0.320. The van der Waals surface area contributed by atoms with Crippen LogP contribution < -0.4 is 9.64 Å². The highest BCUT2D eigenvalue weighted by molar-refractivity contribution is 6.51. The summed E-state index contributed by atoms with van der Waals surface area (Å²) in [5.74, 6) is 0.129. The standard InChI is InChI=1S/C27H27N3O5/c1-16-28-29-26(35-16)19-8-12-20(13-9-19)30-23(17-6-4-3-5-7-17)22(25(32)27(30)33)24(31)18-10-14-21(34-2)15-11-18/h8-15,17,23,31H,3-7H2,1-2H3. The minimum absolute atomic E-state index is 0.0767. The molecule has 1 amide bonds. The molecule has 0 spiro atoms. The van der Waals surface area contributed by atoms with Crippen molar-refractivity contribution in [2.24, 2.45) is 5.92 Å². The Bertz CT molecular complexity index is 1270. The number of hydrogen-bond acceptors (Lipinski definition) is 7. The molecule has 0 radical (unpaired) electrons. The predicted molar refractivity (Wildman–Crippen MR) is 130 cm³/mol. The number of aliphatic hydroxyl groups excluding tert-OH is 1. The third-order valence-electron chi connectivity index (χ3n) is 6.86. The molecule has 1 saturated carbocycles. The van der Waals surface area contributed by atoms with Crippen molar-refractivity contribution in [1.82, 2.24) is 10.2 Å². The van der Waals surface area contributed by atoms with Crippen molar-refractivity contribution in [2.45, 2.75) is 45.1 Å². The highest BCUT2D eigenvalue weighted by Gasteiger charge is 2.49. The Morgan fingerprint density at radius 3 is 2.29 bits per heavy atom. The number of methoxy groups -OCH3 is 1. The number of nitrogens with zero attached hydrogens (tertiary/aromatic N) is 3. The first kappa shape index (κ1) is 22.8. The maximum absolute atomic E-state index is 13.3. The number of aliphatic hydroxyl groups is 1. The normalized spacial score (nSPS) is 20.4. The number of Topliss-reactive ketones (excluding diaryl/α,β-unsaturated/α-hetero) is 1. The van der Waals surface area contributed by atoms with Gasteiger partial charge in [-0.3, -0.25) is 14.5 Å². The smallest absolute Gasteiger partial charge is 0.299 e. The molecule has 3 aromatic rings. The van der Waals surface area contributed by atoms with Gasteiger partial charge in [0.15, 0.2) is 0 Å². The van der Waals surface area contributed by atoms with Crippen LogP contribution in [0, 0.1) is 12.8 Å². The van der Waals surface area contributed by atoms with Gasteiger partial charge >= 0.3 is 0 Å². The van der Waals surface area contributed by atoms with Gasteiger partial charge in [-0.1, -0.05) is 19.3 Å². The van der Waals surface area contributed by atoms with Crippen LogP contribution >= 0.6 is 0 Å². The number of anilines is 1. The molecule has 1 aliphatic carbocycles. The highest BCUT2D eigenvalue weighted by Crippen LogP contribution is 2.41. The Kier molecular flexibility index (Phi) is 6.11. The second-order valence-corrected chi connectivity index (χ2v) is 9.01. The highest BCUT2D eigenvalue weighted by atomic mass is 16.5. The van der Waals surface area contributed by atoms with E-state index in [0.29, 0.717) is 28.8 Å². The van der Waals surface area contributed by atoms with E-state index in [2.05, 4.69) is 10.2 Å². The molecular formula is C27H27N3O5. The van der Waals surface area contributed by atoms with Crippen molar-refractivity contribution in [3.05, 3.63) is 65.6 Å². The van der Waals surface area contributed by atoms with Crippen LogP contribution in [0.5, 0.6) is 5.75 Å². The van der Waals surface area contributed by atoms with Crippen molar-refractivity contribution in [3.8, 4) is 17.2 Å². The van der Waals surface area contributed by atoms with Gasteiger partial charge in [-0.15, -0.1) is 10.2 Å². The number of carbonyl (C=O) groups excluding carboxylic acids is 2. The van der Waals surface area contributed by atoms with Crippen LogP contribution in [0.1, 0.15) is 43.6 Å². The van der Waals surface area contributed by atoms with Crippen molar-refractivity contribution in [3.63, 3.8) is 0 Å². The van der Waals surface area contributed by atoms with Crippen LogP contribution in [0.2, 0.25) is 0 Å². The number of hydrogen-bond donors (Lipinski definition) is 1. The number of amides is 1. The maximum atomic E-state index is 13.3. The summed E-state index contributed by atoms with van der Waals surface area (Å²) in [6.07, 6.45) is 4.97. The molecule has 8 nitrogen and oxygen atoms in total. The van der Waals surface area contributed by atoms with Crippen molar-refractivity contribution >= 4 is 23.1 Å². The summed E-state index contributed by atoms with van der Waals surface area (Å²) in [6, 6.07) is 13.5. The third kappa shape index (κ3) is 4.20. The topological polar surface area (TPSA) is 106 Å². The van der Waals surface area contributed by atoms with Gasteiger partial charge in [0, 0.05) is 23.7 Å². The van der Waals surface area contributed by atoms with Crippen LogP contribution in [-0.2, 0) is 9.59 Å². The van der Waals surface area contributed by atoms with Gasteiger partial charge in [-0.2, -0.15) is 0 Å². The lowest BCUT2D eigenvalue weighted by molar-refractivity contribution is -0.132. The summed E-state index contributed by atoms with van der Waals surface area (Å²) < 4.78 is 10.7. The molecule has 2 fully saturated rings. The minimum Gasteiger partial charge on any atom is -0.507 e. The zero-order valence-corrected chi connectivity index (χ0v) is 19.7. The van der Waals surface area contributed by atoms with Gasteiger partial charge in [0.1, 0.15) is 11.5 Å². The predicted octanol–water partition coefficient (Wildman–Crippen LogP) is 4.89. The van der Waals surface area contributed by atoms with Gasteiger partial charge in [0.05, 0.1) is 18.7 Å². The van der Waals surface area contributed by atoms with E-state index in [-0.39, 0.29) is 17.3 Å². The van der Waals surface area contributed by atoms with E-state index < -0.39 is 17.7 Å². The maximum Gasteiger partial charge on any atom is 0.299 e. The molecule has 1 saturated heterocycles. The largest absolute Gasteiger partial charge is 0.507 e. The van der Waals surface area contributed by atoms with Gasteiger partial charge in [0.25, 0.3) is 11.7 Å². The first-order chi connectivity index (χ1) is 17.0. The number of aryl methyl sites for hydroxylation is 1. The van der Waals surface area contributed by atoms with Crippen molar-refractivity contribution in [2.75, 3.05) is 12.0 Å². The van der Waals surface area contributed by atoms with Gasteiger partial charge in [-0.25, -0.2) is 0 Å². The van der Waals surface area contributed by atoms with Crippen LogP contribution in [0.15, 0.2) is 58.5 Å². The molecule has 1 unspecified atom stereocenters. The minimum atomic E-state index is -0.662. The van der Waals surface area contributed by atoms with Crippen molar-refractivity contribution in [1.29, 1.82) is 0 Å². The lowest BCUT2D eigenvalue weighted by Crippen LogP contribution is -2.40. The Balaban J connectivity index is 1.57. The van der Waals surface area contributed by atoms with E-state index in [4.69, 9.17) is 9.15 Å². The number of carbonyl (C=O) groups is 2. The number of rotatable bonds is 5. The first-order valence-corrected chi connectivity index (χ1v) is 11.8.